The van der Waals surface area contributed by atoms with Gasteiger partial charge in [-0.15, -0.1) is 11.3 Å². The topological polar surface area (TPSA) is 150 Å². The molecule has 0 aliphatic carbocycles. The Labute approximate surface area is 396 Å². The van der Waals surface area contributed by atoms with Gasteiger partial charge in [-0.25, -0.2) is 4.98 Å². The van der Waals surface area contributed by atoms with Gasteiger partial charge in [0.25, 0.3) is 5.91 Å². The zero-order valence-electron chi connectivity index (χ0n) is 40.3. The minimum atomic E-state index is -2.23. The Bertz CT molecular complexity index is 2360. The number of hydrogen-bond donors (Lipinski definition) is 3. The molecule has 2 fully saturated rings. The quantitative estimate of drug-likeness (QED) is 0.0435. The fourth-order valence-electron chi connectivity index (χ4n) is 8.49. The van der Waals surface area contributed by atoms with Crippen LogP contribution in [-0.4, -0.2) is 134 Å². The van der Waals surface area contributed by atoms with E-state index in [0.717, 1.165) is 69.1 Å². The summed E-state index contributed by atoms with van der Waals surface area (Å²) in [5, 5.41) is 17.3. The number of fused-ring (bicyclic) bond motifs is 1. The van der Waals surface area contributed by atoms with E-state index in [1.165, 1.54) is 28.5 Å². The highest BCUT2D eigenvalue weighted by molar-refractivity contribution is 7.10. The van der Waals surface area contributed by atoms with E-state index in [4.69, 9.17) is 13.9 Å². The number of unbranched alkanes of at least 4 members (excludes halogenated alkanes) is 1. The molecule has 15 heteroatoms. The maximum atomic E-state index is 13.5. The number of amides is 2. The summed E-state index contributed by atoms with van der Waals surface area (Å²) < 4.78 is 19.4. The van der Waals surface area contributed by atoms with Crippen LogP contribution in [0.5, 0.6) is 5.75 Å². The molecular formula is C51H72N6O7SSi. The number of benzene rings is 2. The number of carbonyl (C=O) groups is 2. The lowest BCUT2D eigenvalue weighted by molar-refractivity contribution is -0.132. The summed E-state index contributed by atoms with van der Waals surface area (Å²) in [6.07, 6.45) is 5.45. The monoisotopic (exact) mass is 940 g/mol. The van der Waals surface area contributed by atoms with Gasteiger partial charge < -0.3 is 44.0 Å². The van der Waals surface area contributed by atoms with Crippen molar-refractivity contribution in [1.82, 2.24) is 30.0 Å². The van der Waals surface area contributed by atoms with Crippen molar-refractivity contribution in [1.29, 1.82) is 0 Å². The van der Waals surface area contributed by atoms with E-state index in [1.807, 2.05) is 21.2 Å². The van der Waals surface area contributed by atoms with Crippen LogP contribution in [0.4, 0.5) is 0 Å². The van der Waals surface area contributed by atoms with E-state index in [2.05, 4.69) is 97.1 Å². The Hall–Kier alpha value is -4.40. The number of phenolic OH excluding ortho intramolecular Hbond substituents is 1. The zero-order chi connectivity index (χ0) is 47.3. The molecule has 4 aromatic rings. The number of phenols is 1. The normalized spacial score (nSPS) is 16.0. The summed E-state index contributed by atoms with van der Waals surface area (Å²) in [7, 11) is -2.23. The maximum Gasteiger partial charge on any atom is 0.273 e. The lowest BCUT2D eigenvalue weighted by Crippen LogP contribution is -2.58. The molecule has 2 amide bonds. The molecule has 13 nitrogen and oxygen atoms in total. The molecule has 1 unspecified atom stereocenters. The summed E-state index contributed by atoms with van der Waals surface area (Å²) in [5.41, 5.74) is 3.73. The third kappa shape index (κ3) is 13.8. The summed E-state index contributed by atoms with van der Waals surface area (Å²) >= 11 is 1.41. The van der Waals surface area contributed by atoms with Crippen LogP contribution in [0.1, 0.15) is 105 Å². The molecule has 2 aliphatic heterocycles. The fourth-order valence-corrected chi connectivity index (χ4v) is 10.4. The van der Waals surface area contributed by atoms with Gasteiger partial charge >= 0.3 is 0 Å². The van der Waals surface area contributed by atoms with E-state index < -0.39 is 8.32 Å². The molecule has 66 heavy (non-hydrogen) atoms. The Morgan fingerprint density at radius 1 is 1.08 bits per heavy atom. The molecule has 1 spiro atoms. The molecule has 0 saturated carbocycles. The third-order valence-electron chi connectivity index (χ3n) is 13.5. The van der Waals surface area contributed by atoms with Crippen LogP contribution in [0.25, 0.3) is 10.9 Å². The number of likely N-dealkylation sites (tertiary alicyclic amines) is 1. The highest BCUT2D eigenvalue weighted by Gasteiger charge is 2.42. The van der Waals surface area contributed by atoms with E-state index >= 15 is 0 Å². The molecule has 3 N–H and O–H groups in total. The number of nitrogens with zero attached hydrogens (tertiary/aromatic N) is 4. The van der Waals surface area contributed by atoms with Crippen LogP contribution in [0.2, 0.25) is 18.1 Å². The van der Waals surface area contributed by atoms with Gasteiger partial charge in [0.05, 0.1) is 50.0 Å². The second-order valence-electron chi connectivity index (χ2n) is 19.3. The first-order valence-corrected chi connectivity index (χ1v) is 27.6. The van der Waals surface area contributed by atoms with Gasteiger partial charge in [-0.1, -0.05) is 70.4 Å². The van der Waals surface area contributed by atoms with E-state index in [0.29, 0.717) is 81.7 Å². The van der Waals surface area contributed by atoms with Crippen molar-refractivity contribution in [3.63, 3.8) is 0 Å². The number of carbonyl (C=O) groups excluding carboxylic acids is 2. The summed E-state index contributed by atoms with van der Waals surface area (Å²) in [6.45, 7) is 22.8. The molecule has 0 bridgehead atoms. The second kappa shape index (κ2) is 23.6. The predicted molar refractivity (Wildman–Crippen MR) is 266 cm³/mol. The minimum absolute atomic E-state index is 0.0222. The molecule has 2 aromatic heterocycles. The summed E-state index contributed by atoms with van der Waals surface area (Å²) in [6, 6.07) is 15.5. The number of morpholine rings is 1. The molecule has 1 atom stereocenters. The average Bonchev–Trinajstić information content (AvgIpc) is 3.76. The number of aromatic nitrogens is 2. The molecule has 2 aliphatic rings. The average molecular weight is 941 g/mol. The largest absolute Gasteiger partial charge is 0.506 e. The zero-order valence-corrected chi connectivity index (χ0v) is 42.1. The van der Waals surface area contributed by atoms with Gasteiger partial charge in [-0.05, 0) is 91.9 Å². The highest BCUT2D eigenvalue weighted by Crippen LogP contribution is 2.41. The van der Waals surface area contributed by atoms with Crippen LogP contribution < -0.4 is 10.9 Å². The second-order valence-corrected chi connectivity index (χ2v) is 24.9. The Kier molecular flexibility index (Phi) is 18.2. The van der Waals surface area contributed by atoms with Crippen molar-refractivity contribution in [3.8, 4) is 17.6 Å². The number of H-pyrrole nitrogens is 1. The highest BCUT2D eigenvalue weighted by atomic mass is 32.1. The first-order chi connectivity index (χ1) is 31.6. The number of hydrogen-bond acceptors (Lipinski definition) is 11. The van der Waals surface area contributed by atoms with Gasteiger partial charge in [0.1, 0.15) is 11.4 Å². The third-order valence-corrected chi connectivity index (χ3v) is 18.7. The predicted octanol–water partition coefficient (Wildman–Crippen LogP) is 7.54. The minimum Gasteiger partial charge on any atom is -0.506 e. The number of thiazole rings is 1. The van der Waals surface area contributed by atoms with Crippen LogP contribution in [0.15, 0.2) is 58.7 Å². The van der Waals surface area contributed by atoms with Crippen molar-refractivity contribution < 1.29 is 28.6 Å². The molecule has 2 aromatic carbocycles. The Morgan fingerprint density at radius 3 is 2.59 bits per heavy atom. The molecule has 2 saturated heterocycles. The molecule has 0 radical (unpaired) electrons. The number of aromatic hydroxyl groups is 1. The fraction of sp³-hybridized carbons (Fsp3) is 0.569. The summed E-state index contributed by atoms with van der Waals surface area (Å²) in [4.78, 5) is 52.5. The summed E-state index contributed by atoms with van der Waals surface area (Å²) in [5.74, 6) is 5.88. The number of ether oxygens (including phenoxy) is 2. The molecule has 6 rings (SSSR count). The number of pyridine rings is 1. The van der Waals surface area contributed by atoms with E-state index in [9.17, 15) is 19.5 Å². The standard InChI is InChI=1S/C51H72N6O7SSi/c1-8-10-25-56(29-24-52-35-44(64-66(6,7)50(3,4)5)40-15-17-43(58)48-41(40)16-18-45(59)54-48)47(60)21-32-62-31-20-39-14-11-13-38(34-39)19-26-55-27-22-51(23-28-55)37-57(30-33-63-51)49(61)42-36-65-46(53-42)12-9-2/h11,13-18,34,36,44,52,58H,8,10,19-33,35,37H2,1-7H3,(H,54,59). The van der Waals surface area contributed by atoms with Crippen molar-refractivity contribution in [2.24, 2.45) is 0 Å². The Morgan fingerprint density at radius 2 is 1.85 bits per heavy atom. The number of rotatable bonds is 21. The lowest BCUT2D eigenvalue weighted by Gasteiger charge is -2.47. The number of nitrogens with one attached hydrogen (secondary N) is 2. The molecule has 358 valence electrons. The van der Waals surface area contributed by atoms with Gasteiger partial charge in [-0.3, -0.25) is 14.4 Å². The number of aromatic amines is 1. The van der Waals surface area contributed by atoms with Gasteiger partial charge in [0.15, 0.2) is 13.3 Å². The number of piperidine rings is 1. The first-order valence-electron chi connectivity index (χ1n) is 23.8. The Balaban J connectivity index is 0.919. The van der Waals surface area contributed by atoms with Crippen molar-refractivity contribution in [2.45, 2.75) is 109 Å². The van der Waals surface area contributed by atoms with Gasteiger partial charge in [-0.2, -0.15) is 0 Å². The van der Waals surface area contributed by atoms with Crippen LogP contribution in [0, 0.1) is 11.8 Å². The lowest BCUT2D eigenvalue weighted by atomic mass is 9.89. The van der Waals surface area contributed by atoms with Crippen molar-refractivity contribution in [2.75, 3.05) is 78.7 Å². The van der Waals surface area contributed by atoms with Crippen LogP contribution in [-0.2, 0) is 31.5 Å². The van der Waals surface area contributed by atoms with Crippen molar-refractivity contribution in [3.05, 3.63) is 91.7 Å². The smallest absolute Gasteiger partial charge is 0.273 e. The van der Waals surface area contributed by atoms with E-state index in [1.54, 1.807) is 19.1 Å². The van der Waals surface area contributed by atoms with Crippen LogP contribution in [0.3, 0.4) is 0 Å². The van der Waals surface area contributed by atoms with E-state index in [-0.39, 0.29) is 39.9 Å². The SMILES string of the molecule is CC#Cc1nc(C(=O)N2CCOC3(CCN(CCc4cccc(CCOCCC(=O)N(CCCC)CCNCC(O[Si](C)(C)C(C)(C)C)c5ccc(O)c6[nH]c(=O)ccc56)c4)CC3)C2)cs1. The maximum absolute atomic E-state index is 13.5. The van der Waals surface area contributed by atoms with Gasteiger partial charge in [0, 0.05) is 69.2 Å². The van der Waals surface area contributed by atoms with Crippen molar-refractivity contribution >= 4 is 42.4 Å². The van der Waals surface area contributed by atoms with Gasteiger partial charge in [0.2, 0.25) is 11.5 Å². The first kappa shape index (κ1) is 51.0. The van der Waals surface area contributed by atoms with Crippen LogP contribution >= 0.6 is 11.3 Å². The molecule has 4 heterocycles. The molecular weight excluding hydrogens is 869 g/mol.